The summed E-state index contributed by atoms with van der Waals surface area (Å²) in [4.78, 5) is 12.4. The molecule has 0 radical (unpaired) electrons. The van der Waals surface area contributed by atoms with Crippen LogP contribution in [0.4, 0.5) is 0 Å². The lowest BCUT2D eigenvalue weighted by Gasteiger charge is -2.37. The van der Waals surface area contributed by atoms with Gasteiger partial charge in [0, 0.05) is 12.5 Å². The molecule has 2 fully saturated rings. The second-order valence-corrected chi connectivity index (χ2v) is 5.70. The van der Waals surface area contributed by atoms with E-state index in [9.17, 15) is 4.79 Å². The minimum absolute atomic E-state index is 0.000212. The van der Waals surface area contributed by atoms with Crippen LogP contribution in [0.2, 0.25) is 0 Å². The van der Waals surface area contributed by atoms with E-state index in [2.05, 4.69) is 0 Å². The minimum Gasteiger partial charge on any atom is -0.458 e. The molecule has 0 amide bonds. The predicted octanol–water partition coefficient (Wildman–Crippen LogP) is 3.51. The van der Waals surface area contributed by atoms with E-state index >= 15 is 0 Å². The van der Waals surface area contributed by atoms with Crippen LogP contribution >= 0.6 is 0 Å². The zero-order valence-electron chi connectivity index (χ0n) is 10.9. The Hall–Kier alpha value is -1.09. The van der Waals surface area contributed by atoms with E-state index in [1.54, 1.807) is 6.07 Å². The van der Waals surface area contributed by atoms with Gasteiger partial charge >= 0.3 is 0 Å². The minimum atomic E-state index is 0.000212. The van der Waals surface area contributed by atoms with Crippen LogP contribution in [0.5, 0.6) is 0 Å². The van der Waals surface area contributed by atoms with E-state index in [0.717, 1.165) is 38.1 Å². The Balaban J connectivity index is 1.74. The van der Waals surface area contributed by atoms with Crippen LogP contribution < -0.4 is 0 Å². The first kappa shape index (κ1) is 12.0. The summed E-state index contributed by atoms with van der Waals surface area (Å²) in [5.74, 6) is 1.58. The molecule has 3 nitrogen and oxygen atoms in total. The molecule has 0 N–H and O–H groups in total. The van der Waals surface area contributed by atoms with Gasteiger partial charge in [-0.2, -0.15) is 0 Å². The molecule has 1 aromatic heterocycles. The molecule has 1 spiro atoms. The highest BCUT2D eigenvalue weighted by molar-refractivity contribution is 5.95. The van der Waals surface area contributed by atoms with E-state index in [1.807, 2.05) is 13.0 Å². The lowest BCUT2D eigenvalue weighted by Crippen LogP contribution is -2.39. The molecular formula is C15H20O3. The first-order chi connectivity index (χ1) is 8.69. The number of Topliss-reactive ketones (excluding diaryl/α,β-unsaturated/α-hetero) is 1. The normalized spacial score (nSPS) is 26.6. The van der Waals surface area contributed by atoms with Crippen molar-refractivity contribution >= 4 is 5.78 Å². The van der Waals surface area contributed by atoms with Gasteiger partial charge in [0.15, 0.2) is 5.76 Å². The maximum absolute atomic E-state index is 12.4. The summed E-state index contributed by atoms with van der Waals surface area (Å²) < 4.78 is 11.4. The number of ether oxygens (including phenoxy) is 1. The summed E-state index contributed by atoms with van der Waals surface area (Å²) in [6.07, 6.45) is 6.43. The summed E-state index contributed by atoms with van der Waals surface area (Å²) in [6, 6.07) is 3.66. The zero-order chi connectivity index (χ0) is 12.6. The predicted molar refractivity (Wildman–Crippen MR) is 67.7 cm³/mol. The Kier molecular flexibility index (Phi) is 3.02. The van der Waals surface area contributed by atoms with Gasteiger partial charge in [-0.15, -0.1) is 0 Å². The second kappa shape index (κ2) is 4.54. The van der Waals surface area contributed by atoms with E-state index in [0.29, 0.717) is 5.76 Å². The molecule has 3 heteroatoms. The van der Waals surface area contributed by atoms with E-state index in [-0.39, 0.29) is 17.3 Å². The smallest absolute Gasteiger partial charge is 0.201 e. The molecule has 3 rings (SSSR count). The summed E-state index contributed by atoms with van der Waals surface area (Å²) in [7, 11) is 0. The van der Waals surface area contributed by atoms with Gasteiger partial charge in [0.05, 0.1) is 5.60 Å². The van der Waals surface area contributed by atoms with E-state index in [4.69, 9.17) is 9.15 Å². The fraction of sp³-hybridized carbons (Fsp3) is 0.667. The molecule has 0 bridgehead atoms. The first-order valence-electron chi connectivity index (χ1n) is 6.93. The summed E-state index contributed by atoms with van der Waals surface area (Å²) in [6.45, 7) is 2.59. The lowest BCUT2D eigenvalue weighted by atomic mass is 9.82. The van der Waals surface area contributed by atoms with Crippen LogP contribution in [0.25, 0.3) is 0 Å². The Morgan fingerprint density at radius 1 is 1.33 bits per heavy atom. The molecule has 1 atom stereocenters. The van der Waals surface area contributed by atoms with Gasteiger partial charge in [0.1, 0.15) is 5.76 Å². The van der Waals surface area contributed by atoms with Crippen molar-refractivity contribution in [2.45, 2.75) is 51.0 Å². The quantitative estimate of drug-likeness (QED) is 0.752. The third-order valence-corrected chi connectivity index (χ3v) is 4.36. The third kappa shape index (κ3) is 2.12. The van der Waals surface area contributed by atoms with Crippen LogP contribution in [0.15, 0.2) is 16.5 Å². The molecule has 1 aliphatic carbocycles. The summed E-state index contributed by atoms with van der Waals surface area (Å²) >= 11 is 0. The Labute approximate surface area is 108 Å². The number of rotatable bonds is 2. The number of ketones is 1. The van der Waals surface area contributed by atoms with Crippen molar-refractivity contribution in [2.75, 3.05) is 6.61 Å². The van der Waals surface area contributed by atoms with Gasteiger partial charge in [0.25, 0.3) is 0 Å². The number of aryl methyl sites for hydroxylation is 1. The SMILES string of the molecule is Cc1ccc(C(=O)C2CCOC3(CCCC3)C2)o1. The van der Waals surface area contributed by atoms with Crippen molar-refractivity contribution in [1.29, 1.82) is 0 Å². The van der Waals surface area contributed by atoms with Gasteiger partial charge in [-0.25, -0.2) is 0 Å². The van der Waals surface area contributed by atoms with Crippen LogP contribution in [0.3, 0.4) is 0 Å². The van der Waals surface area contributed by atoms with Crippen LogP contribution in [0, 0.1) is 12.8 Å². The number of hydrogen-bond donors (Lipinski definition) is 0. The maximum atomic E-state index is 12.4. The fourth-order valence-corrected chi connectivity index (χ4v) is 3.39. The highest BCUT2D eigenvalue weighted by atomic mass is 16.5. The second-order valence-electron chi connectivity index (χ2n) is 5.70. The number of carbonyl (C=O) groups is 1. The van der Waals surface area contributed by atoms with Crippen LogP contribution in [0.1, 0.15) is 54.8 Å². The highest BCUT2D eigenvalue weighted by Crippen LogP contribution is 2.42. The van der Waals surface area contributed by atoms with Crippen molar-refractivity contribution in [2.24, 2.45) is 5.92 Å². The van der Waals surface area contributed by atoms with Crippen molar-refractivity contribution in [3.8, 4) is 0 Å². The average molecular weight is 248 g/mol. The molecule has 18 heavy (non-hydrogen) atoms. The van der Waals surface area contributed by atoms with Crippen molar-refractivity contribution in [1.82, 2.24) is 0 Å². The largest absolute Gasteiger partial charge is 0.458 e. The number of hydrogen-bond acceptors (Lipinski definition) is 3. The monoisotopic (exact) mass is 248 g/mol. The molecule has 1 aliphatic heterocycles. The van der Waals surface area contributed by atoms with E-state index in [1.165, 1.54) is 12.8 Å². The Morgan fingerprint density at radius 3 is 2.78 bits per heavy atom. The Bertz CT molecular complexity index is 440. The molecule has 98 valence electrons. The highest BCUT2D eigenvalue weighted by Gasteiger charge is 2.42. The number of furan rings is 1. The molecule has 1 aromatic rings. The van der Waals surface area contributed by atoms with Gasteiger partial charge in [-0.3, -0.25) is 4.79 Å². The Morgan fingerprint density at radius 2 is 2.11 bits per heavy atom. The van der Waals surface area contributed by atoms with Crippen molar-refractivity contribution < 1.29 is 13.9 Å². The topological polar surface area (TPSA) is 39.4 Å². The molecule has 1 saturated carbocycles. The van der Waals surface area contributed by atoms with Crippen molar-refractivity contribution in [3.05, 3.63) is 23.7 Å². The van der Waals surface area contributed by atoms with Crippen molar-refractivity contribution in [3.63, 3.8) is 0 Å². The molecular weight excluding hydrogens is 228 g/mol. The molecule has 2 heterocycles. The van der Waals surface area contributed by atoms with Crippen LogP contribution in [-0.4, -0.2) is 18.0 Å². The zero-order valence-corrected chi connectivity index (χ0v) is 10.9. The van der Waals surface area contributed by atoms with Gasteiger partial charge in [-0.1, -0.05) is 12.8 Å². The van der Waals surface area contributed by atoms with Gasteiger partial charge < -0.3 is 9.15 Å². The van der Waals surface area contributed by atoms with Gasteiger partial charge in [0.2, 0.25) is 5.78 Å². The molecule has 1 saturated heterocycles. The lowest BCUT2D eigenvalue weighted by molar-refractivity contribution is -0.0868. The fourth-order valence-electron chi connectivity index (χ4n) is 3.39. The van der Waals surface area contributed by atoms with Crippen LogP contribution in [-0.2, 0) is 4.74 Å². The first-order valence-corrected chi connectivity index (χ1v) is 6.93. The standard InChI is InChI=1S/C15H20O3/c1-11-4-5-13(18-11)14(16)12-6-9-17-15(10-12)7-2-3-8-15/h4-5,12H,2-3,6-10H2,1H3. The van der Waals surface area contributed by atoms with Gasteiger partial charge in [-0.05, 0) is 44.7 Å². The molecule has 0 aromatic carbocycles. The molecule has 2 aliphatic rings. The number of carbonyl (C=O) groups excluding carboxylic acids is 1. The molecule has 1 unspecified atom stereocenters. The summed E-state index contributed by atoms with van der Waals surface area (Å²) in [5.41, 5.74) is 0.000212. The van der Waals surface area contributed by atoms with E-state index < -0.39 is 0 Å². The average Bonchev–Trinajstić information content (AvgIpc) is 2.98. The summed E-state index contributed by atoms with van der Waals surface area (Å²) in [5, 5.41) is 0. The maximum Gasteiger partial charge on any atom is 0.201 e. The third-order valence-electron chi connectivity index (χ3n) is 4.36.